The lowest BCUT2D eigenvalue weighted by atomic mass is 10.3. The highest BCUT2D eigenvalue weighted by Crippen LogP contribution is 2.29. The fourth-order valence-electron chi connectivity index (χ4n) is 1.68. The van der Waals surface area contributed by atoms with E-state index < -0.39 is 11.0 Å². The molecule has 8 heteroatoms. The van der Waals surface area contributed by atoms with E-state index in [-0.39, 0.29) is 29.7 Å². The van der Waals surface area contributed by atoms with Crippen LogP contribution in [-0.4, -0.2) is 29.3 Å². The molecule has 0 bridgehead atoms. The van der Waals surface area contributed by atoms with Crippen LogP contribution in [0.15, 0.2) is 35.7 Å². The first kappa shape index (κ1) is 16.7. The molecule has 118 valence electrons. The second kappa shape index (κ2) is 8.09. The summed E-state index contributed by atoms with van der Waals surface area (Å²) >= 11 is 7.28. The molecule has 0 saturated carbocycles. The Bertz CT molecular complexity index is 620. The first-order chi connectivity index (χ1) is 10.6. The van der Waals surface area contributed by atoms with Gasteiger partial charge in [-0.3, -0.25) is 10.1 Å². The highest BCUT2D eigenvalue weighted by atomic mass is 35.5. The molecule has 1 N–H and O–H groups in total. The van der Waals surface area contributed by atoms with Crippen molar-refractivity contribution in [3.8, 4) is 5.75 Å². The molecule has 1 unspecified atom stereocenters. The predicted octanol–water partition coefficient (Wildman–Crippen LogP) is 3.27. The Kier molecular flexibility index (Phi) is 6.14. The predicted molar refractivity (Wildman–Crippen MR) is 83.6 cm³/mol. The third kappa shape index (κ3) is 4.96. The van der Waals surface area contributed by atoms with Crippen molar-refractivity contribution in [3.05, 3.63) is 55.7 Å². The van der Waals surface area contributed by atoms with Gasteiger partial charge in [-0.15, -0.1) is 11.3 Å². The van der Waals surface area contributed by atoms with E-state index in [0.29, 0.717) is 6.61 Å². The lowest BCUT2D eigenvalue weighted by Gasteiger charge is -2.12. The molecular weight excluding hydrogens is 330 g/mol. The molecule has 1 aromatic heterocycles. The number of nitro benzene ring substituents is 1. The van der Waals surface area contributed by atoms with Crippen LogP contribution in [0.2, 0.25) is 5.02 Å². The van der Waals surface area contributed by atoms with Crippen LogP contribution in [-0.2, 0) is 11.3 Å². The highest BCUT2D eigenvalue weighted by Gasteiger charge is 2.17. The van der Waals surface area contributed by atoms with Gasteiger partial charge in [0.05, 0.1) is 18.1 Å². The second-order valence-corrected chi connectivity index (χ2v) is 5.90. The summed E-state index contributed by atoms with van der Waals surface area (Å²) in [6.07, 6.45) is -0.879. The van der Waals surface area contributed by atoms with Gasteiger partial charge in [-0.05, 0) is 23.6 Å². The summed E-state index contributed by atoms with van der Waals surface area (Å²) in [7, 11) is 0. The Morgan fingerprint density at radius 3 is 2.86 bits per heavy atom. The number of nitro groups is 1. The van der Waals surface area contributed by atoms with Gasteiger partial charge in [0.15, 0.2) is 5.75 Å². The summed E-state index contributed by atoms with van der Waals surface area (Å²) in [6, 6.07) is 7.95. The molecule has 1 aromatic carbocycles. The zero-order valence-electron chi connectivity index (χ0n) is 11.5. The maximum Gasteiger partial charge on any atom is 0.312 e. The van der Waals surface area contributed by atoms with Gasteiger partial charge in [-0.2, -0.15) is 0 Å². The molecule has 0 aliphatic carbocycles. The molecule has 0 radical (unpaired) electrons. The highest BCUT2D eigenvalue weighted by molar-refractivity contribution is 7.09. The smallest absolute Gasteiger partial charge is 0.312 e. The fourth-order valence-corrected chi connectivity index (χ4v) is 2.49. The third-order valence-corrected chi connectivity index (χ3v) is 3.77. The Balaban J connectivity index is 1.80. The minimum Gasteiger partial charge on any atom is -0.484 e. The van der Waals surface area contributed by atoms with E-state index in [2.05, 4.69) is 0 Å². The van der Waals surface area contributed by atoms with E-state index in [9.17, 15) is 15.2 Å². The van der Waals surface area contributed by atoms with Crippen LogP contribution in [0.25, 0.3) is 0 Å². The molecule has 2 rings (SSSR count). The van der Waals surface area contributed by atoms with E-state index in [1.165, 1.54) is 18.2 Å². The van der Waals surface area contributed by atoms with E-state index in [1.54, 1.807) is 11.3 Å². The van der Waals surface area contributed by atoms with Crippen molar-refractivity contribution in [1.29, 1.82) is 0 Å². The van der Waals surface area contributed by atoms with Crippen LogP contribution in [0.1, 0.15) is 4.88 Å². The quantitative estimate of drug-likeness (QED) is 0.587. The van der Waals surface area contributed by atoms with E-state index in [4.69, 9.17) is 21.1 Å². The van der Waals surface area contributed by atoms with Crippen LogP contribution in [0.5, 0.6) is 5.75 Å². The standard InChI is InChI=1S/C14H14ClNO5S/c15-10-3-4-14(13(6-10)16(18)19)21-8-11(17)7-20-9-12-2-1-5-22-12/h1-6,11,17H,7-9H2. The van der Waals surface area contributed by atoms with Gasteiger partial charge in [0, 0.05) is 16.0 Å². The van der Waals surface area contributed by atoms with Gasteiger partial charge in [0.1, 0.15) is 12.7 Å². The van der Waals surface area contributed by atoms with Crippen molar-refractivity contribution in [2.75, 3.05) is 13.2 Å². The minimum atomic E-state index is -0.879. The number of rotatable bonds is 8. The van der Waals surface area contributed by atoms with Crippen molar-refractivity contribution in [2.24, 2.45) is 0 Å². The first-order valence-electron chi connectivity index (χ1n) is 6.41. The number of hydrogen-bond donors (Lipinski definition) is 1. The minimum absolute atomic E-state index is 0.0618. The molecule has 0 fully saturated rings. The van der Waals surface area contributed by atoms with E-state index >= 15 is 0 Å². The second-order valence-electron chi connectivity index (χ2n) is 4.43. The van der Waals surface area contributed by atoms with Gasteiger partial charge in [0.2, 0.25) is 0 Å². The van der Waals surface area contributed by atoms with Crippen LogP contribution >= 0.6 is 22.9 Å². The van der Waals surface area contributed by atoms with Crippen LogP contribution in [0, 0.1) is 10.1 Å². The Hall–Kier alpha value is -1.67. The topological polar surface area (TPSA) is 81.8 Å². The van der Waals surface area contributed by atoms with Crippen LogP contribution in [0.4, 0.5) is 5.69 Å². The van der Waals surface area contributed by atoms with Crippen molar-refractivity contribution in [3.63, 3.8) is 0 Å². The van der Waals surface area contributed by atoms with Crippen molar-refractivity contribution in [2.45, 2.75) is 12.7 Å². The number of thiophene rings is 1. The summed E-state index contributed by atoms with van der Waals surface area (Å²) < 4.78 is 10.6. The fraction of sp³-hybridized carbons (Fsp3) is 0.286. The van der Waals surface area contributed by atoms with Crippen LogP contribution in [0.3, 0.4) is 0 Å². The van der Waals surface area contributed by atoms with Gasteiger partial charge in [-0.25, -0.2) is 0 Å². The SMILES string of the molecule is O=[N+]([O-])c1cc(Cl)ccc1OCC(O)COCc1cccs1. The average molecular weight is 344 g/mol. The summed E-state index contributed by atoms with van der Waals surface area (Å²) in [5.74, 6) is 0.0618. The normalized spacial score (nSPS) is 12.1. The molecule has 1 heterocycles. The molecule has 0 aliphatic rings. The first-order valence-corrected chi connectivity index (χ1v) is 7.67. The Morgan fingerprint density at radius 2 is 2.18 bits per heavy atom. The van der Waals surface area contributed by atoms with Gasteiger partial charge in [0.25, 0.3) is 0 Å². The molecule has 1 atom stereocenters. The number of aliphatic hydroxyl groups excluding tert-OH is 1. The van der Waals surface area contributed by atoms with E-state index in [0.717, 1.165) is 4.88 Å². The number of aliphatic hydroxyl groups is 1. The summed E-state index contributed by atoms with van der Waals surface area (Å²) in [6.45, 7) is 0.391. The lowest BCUT2D eigenvalue weighted by Crippen LogP contribution is -2.23. The number of ether oxygens (including phenoxy) is 2. The molecule has 2 aromatic rings. The summed E-state index contributed by atoms with van der Waals surface area (Å²) in [5.41, 5.74) is -0.237. The van der Waals surface area contributed by atoms with Gasteiger partial charge < -0.3 is 14.6 Å². The maximum atomic E-state index is 10.9. The number of hydrogen-bond acceptors (Lipinski definition) is 6. The molecular formula is C14H14ClNO5S. The summed E-state index contributed by atoms with van der Waals surface area (Å²) in [4.78, 5) is 11.4. The zero-order valence-corrected chi connectivity index (χ0v) is 13.0. The molecule has 22 heavy (non-hydrogen) atoms. The maximum absolute atomic E-state index is 10.9. The number of benzene rings is 1. The van der Waals surface area contributed by atoms with E-state index in [1.807, 2.05) is 17.5 Å². The number of halogens is 1. The lowest BCUT2D eigenvalue weighted by molar-refractivity contribution is -0.385. The Morgan fingerprint density at radius 1 is 1.36 bits per heavy atom. The van der Waals surface area contributed by atoms with Crippen molar-refractivity contribution >= 4 is 28.6 Å². The molecule has 0 amide bonds. The van der Waals surface area contributed by atoms with Gasteiger partial charge >= 0.3 is 5.69 Å². The molecule has 0 saturated heterocycles. The number of nitrogens with zero attached hydrogens (tertiary/aromatic N) is 1. The van der Waals surface area contributed by atoms with Crippen molar-refractivity contribution < 1.29 is 19.5 Å². The third-order valence-electron chi connectivity index (χ3n) is 2.68. The summed E-state index contributed by atoms with van der Waals surface area (Å²) in [5, 5.41) is 22.9. The monoisotopic (exact) mass is 343 g/mol. The molecule has 0 spiro atoms. The molecule has 6 nitrogen and oxygen atoms in total. The Labute approximate surface area is 136 Å². The average Bonchev–Trinajstić information content (AvgIpc) is 2.99. The van der Waals surface area contributed by atoms with Gasteiger partial charge in [-0.1, -0.05) is 17.7 Å². The van der Waals surface area contributed by atoms with Crippen LogP contribution < -0.4 is 4.74 Å². The van der Waals surface area contributed by atoms with Crippen molar-refractivity contribution in [1.82, 2.24) is 0 Å². The largest absolute Gasteiger partial charge is 0.484 e. The zero-order chi connectivity index (χ0) is 15.9. The molecule has 0 aliphatic heterocycles.